The van der Waals surface area contributed by atoms with Gasteiger partial charge in [0.15, 0.2) is 16.7 Å². The van der Waals surface area contributed by atoms with Gasteiger partial charge in [-0.15, -0.1) is 10.2 Å². The van der Waals surface area contributed by atoms with Crippen LogP contribution in [0.5, 0.6) is 11.5 Å². The third-order valence-corrected chi connectivity index (χ3v) is 7.68. The van der Waals surface area contributed by atoms with Gasteiger partial charge in [0, 0.05) is 43.0 Å². The Bertz CT molecular complexity index is 895. The SMILES string of the molecule is Cn1c(SC[C@H]2CCCO2)nnc1C1CCN(Cc2cc3c(cc2Cl)OCO3)CC1. The van der Waals surface area contributed by atoms with E-state index >= 15 is 0 Å². The average molecular weight is 451 g/mol. The third-order valence-electron chi connectivity index (χ3n) is 6.18. The summed E-state index contributed by atoms with van der Waals surface area (Å²) in [6, 6.07) is 3.87. The zero-order valence-corrected chi connectivity index (χ0v) is 18.8. The molecule has 0 radical (unpaired) electrons. The predicted octanol–water partition coefficient (Wildman–Crippen LogP) is 3.85. The lowest BCUT2D eigenvalue weighted by molar-refractivity contribution is 0.129. The monoisotopic (exact) mass is 450 g/mol. The quantitative estimate of drug-likeness (QED) is 0.619. The highest BCUT2D eigenvalue weighted by atomic mass is 35.5. The smallest absolute Gasteiger partial charge is 0.231 e. The van der Waals surface area contributed by atoms with Gasteiger partial charge in [-0.05, 0) is 50.4 Å². The van der Waals surface area contributed by atoms with E-state index in [1.807, 2.05) is 12.1 Å². The van der Waals surface area contributed by atoms with Crippen LogP contribution in [0.25, 0.3) is 0 Å². The molecule has 1 atom stereocenters. The number of likely N-dealkylation sites (tertiary alicyclic amines) is 1. The second-order valence-corrected chi connectivity index (χ2v) is 9.59. The zero-order valence-electron chi connectivity index (χ0n) is 17.2. The molecular weight excluding hydrogens is 424 g/mol. The highest BCUT2D eigenvalue weighted by Gasteiger charge is 2.27. The van der Waals surface area contributed by atoms with Gasteiger partial charge in [-0.2, -0.15) is 0 Å². The predicted molar refractivity (Wildman–Crippen MR) is 116 cm³/mol. The standard InChI is InChI=1S/C21H27ClN4O3S/c1-25-20(23-24-21(25)30-12-16-3-2-8-27-16)14-4-6-26(7-5-14)11-15-9-18-19(10-17(15)22)29-13-28-18/h9-10,14,16H,2-8,11-13H2,1H3/t16-/m1/s1. The average Bonchev–Trinajstić information content (AvgIpc) is 3.49. The molecule has 3 aliphatic rings. The molecule has 9 heteroatoms. The van der Waals surface area contributed by atoms with Crippen LogP contribution in [0.1, 0.15) is 43.0 Å². The molecule has 2 aromatic rings. The molecule has 0 N–H and O–H groups in total. The molecule has 0 aliphatic carbocycles. The van der Waals surface area contributed by atoms with Crippen LogP contribution < -0.4 is 9.47 Å². The number of thioether (sulfide) groups is 1. The maximum absolute atomic E-state index is 6.46. The van der Waals surface area contributed by atoms with Gasteiger partial charge in [0.2, 0.25) is 6.79 Å². The van der Waals surface area contributed by atoms with Gasteiger partial charge >= 0.3 is 0 Å². The van der Waals surface area contributed by atoms with Crippen molar-refractivity contribution in [1.82, 2.24) is 19.7 Å². The molecule has 1 aromatic heterocycles. The van der Waals surface area contributed by atoms with E-state index in [-0.39, 0.29) is 6.79 Å². The molecule has 162 valence electrons. The van der Waals surface area contributed by atoms with Gasteiger partial charge < -0.3 is 18.8 Å². The number of ether oxygens (including phenoxy) is 3. The van der Waals surface area contributed by atoms with Crippen LogP contribution in [0.3, 0.4) is 0 Å². The summed E-state index contributed by atoms with van der Waals surface area (Å²) in [4.78, 5) is 2.45. The lowest BCUT2D eigenvalue weighted by Crippen LogP contribution is -2.33. The molecule has 2 fully saturated rings. The van der Waals surface area contributed by atoms with E-state index in [1.165, 1.54) is 6.42 Å². The van der Waals surface area contributed by atoms with Crippen LogP contribution in [0.2, 0.25) is 5.02 Å². The first-order chi connectivity index (χ1) is 14.7. The van der Waals surface area contributed by atoms with Gasteiger partial charge in [0.05, 0.1) is 6.10 Å². The van der Waals surface area contributed by atoms with Crippen LogP contribution in [0.4, 0.5) is 0 Å². The minimum atomic E-state index is 0.270. The zero-order chi connectivity index (χ0) is 20.5. The number of aromatic nitrogens is 3. The maximum Gasteiger partial charge on any atom is 0.231 e. The van der Waals surface area contributed by atoms with Crippen LogP contribution in [-0.4, -0.2) is 58.0 Å². The fraction of sp³-hybridized carbons (Fsp3) is 0.619. The van der Waals surface area contributed by atoms with Gasteiger partial charge in [-0.3, -0.25) is 4.90 Å². The van der Waals surface area contributed by atoms with E-state index in [0.717, 1.165) is 84.3 Å². The fourth-order valence-electron chi connectivity index (χ4n) is 4.42. The van der Waals surface area contributed by atoms with E-state index in [4.69, 9.17) is 25.8 Å². The van der Waals surface area contributed by atoms with E-state index in [0.29, 0.717) is 12.0 Å². The number of piperidine rings is 1. The molecule has 5 rings (SSSR count). The first-order valence-corrected chi connectivity index (χ1v) is 12.0. The summed E-state index contributed by atoms with van der Waals surface area (Å²) in [5.74, 6) is 4.03. The number of fused-ring (bicyclic) bond motifs is 1. The van der Waals surface area contributed by atoms with Crippen LogP contribution in [0, 0.1) is 0 Å². The number of benzene rings is 1. The Morgan fingerprint density at radius 2 is 1.93 bits per heavy atom. The molecule has 1 aromatic carbocycles. The molecule has 0 bridgehead atoms. The van der Waals surface area contributed by atoms with Crippen molar-refractivity contribution in [3.8, 4) is 11.5 Å². The number of hydrogen-bond acceptors (Lipinski definition) is 7. The summed E-state index contributed by atoms with van der Waals surface area (Å²) in [6.07, 6.45) is 4.84. The molecule has 30 heavy (non-hydrogen) atoms. The Hall–Kier alpha value is -1.48. The summed E-state index contributed by atoms with van der Waals surface area (Å²) >= 11 is 8.22. The number of rotatable bonds is 6. The lowest BCUT2D eigenvalue weighted by atomic mass is 9.95. The Morgan fingerprint density at radius 1 is 1.13 bits per heavy atom. The molecule has 2 saturated heterocycles. The molecule has 0 spiro atoms. The van der Waals surface area contributed by atoms with Gasteiger partial charge in [-0.1, -0.05) is 23.4 Å². The van der Waals surface area contributed by atoms with Crippen molar-refractivity contribution in [3.63, 3.8) is 0 Å². The van der Waals surface area contributed by atoms with Gasteiger partial charge in [-0.25, -0.2) is 0 Å². The van der Waals surface area contributed by atoms with Crippen molar-refractivity contribution in [3.05, 3.63) is 28.5 Å². The van der Waals surface area contributed by atoms with Gasteiger partial charge in [0.25, 0.3) is 0 Å². The van der Waals surface area contributed by atoms with E-state index in [1.54, 1.807) is 11.8 Å². The van der Waals surface area contributed by atoms with E-state index in [2.05, 4.69) is 26.7 Å². The van der Waals surface area contributed by atoms with Gasteiger partial charge in [0.1, 0.15) is 5.82 Å². The van der Waals surface area contributed by atoms with Crippen LogP contribution in [0.15, 0.2) is 17.3 Å². The summed E-state index contributed by atoms with van der Waals surface area (Å²) in [7, 11) is 2.09. The second-order valence-electron chi connectivity index (χ2n) is 8.19. The van der Waals surface area contributed by atoms with E-state index in [9.17, 15) is 0 Å². The highest BCUT2D eigenvalue weighted by molar-refractivity contribution is 7.99. The van der Waals surface area contributed by atoms with Crippen molar-refractivity contribution in [2.45, 2.75) is 49.4 Å². The molecular formula is C21H27ClN4O3S. The third kappa shape index (κ3) is 4.28. The Morgan fingerprint density at radius 3 is 2.70 bits per heavy atom. The topological polar surface area (TPSA) is 61.6 Å². The number of nitrogens with zero attached hydrogens (tertiary/aromatic N) is 4. The fourth-order valence-corrected chi connectivity index (χ4v) is 5.62. The molecule has 0 saturated carbocycles. The highest BCUT2D eigenvalue weighted by Crippen LogP contribution is 2.38. The molecule has 0 unspecified atom stereocenters. The molecule has 4 heterocycles. The summed E-state index contributed by atoms with van der Waals surface area (Å²) < 4.78 is 18.8. The lowest BCUT2D eigenvalue weighted by Gasteiger charge is -2.31. The minimum absolute atomic E-state index is 0.270. The Labute approximate surface area is 186 Å². The Kier molecular flexibility index (Phi) is 6.09. The van der Waals surface area contributed by atoms with E-state index < -0.39 is 0 Å². The van der Waals surface area contributed by atoms with Crippen molar-refractivity contribution < 1.29 is 14.2 Å². The van der Waals surface area contributed by atoms with Crippen molar-refractivity contribution in [2.75, 3.05) is 32.2 Å². The van der Waals surface area contributed by atoms with Crippen LogP contribution >= 0.6 is 23.4 Å². The summed E-state index contributed by atoms with van der Waals surface area (Å²) in [5, 5.41) is 10.7. The molecule has 0 amide bonds. The first kappa shape index (κ1) is 20.4. The van der Waals surface area contributed by atoms with Crippen molar-refractivity contribution in [1.29, 1.82) is 0 Å². The van der Waals surface area contributed by atoms with Crippen LogP contribution in [-0.2, 0) is 18.3 Å². The second kappa shape index (κ2) is 8.94. The number of hydrogen-bond donors (Lipinski definition) is 0. The minimum Gasteiger partial charge on any atom is -0.454 e. The molecule has 7 nitrogen and oxygen atoms in total. The maximum atomic E-state index is 6.46. The first-order valence-electron chi connectivity index (χ1n) is 10.6. The summed E-state index contributed by atoms with van der Waals surface area (Å²) in [6.45, 7) is 4.02. The largest absolute Gasteiger partial charge is 0.454 e. The Balaban J connectivity index is 1.16. The van der Waals surface area contributed by atoms with Crippen molar-refractivity contribution >= 4 is 23.4 Å². The van der Waals surface area contributed by atoms with Crippen molar-refractivity contribution in [2.24, 2.45) is 7.05 Å². The molecule has 3 aliphatic heterocycles. The normalized spacial score (nSPS) is 22.1. The summed E-state index contributed by atoms with van der Waals surface area (Å²) in [5.41, 5.74) is 1.09. The number of halogens is 1.